The third kappa shape index (κ3) is 3.60. The first kappa shape index (κ1) is 11.4. The SMILES string of the molecule is CC(=O)NCC(S)c1ccc(Cl)cc1. The van der Waals surface area contributed by atoms with Crippen LogP contribution in [-0.2, 0) is 4.79 Å². The lowest BCUT2D eigenvalue weighted by Gasteiger charge is -2.11. The predicted molar refractivity (Wildman–Crippen MR) is 61.9 cm³/mol. The Morgan fingerprint density at radius 3 is 2.57 bits per heavy atom. The Kier molecular flexibility index (Phi) is 4.29. The minimum Gasteiger partial charge on any atom is -0.355 e. The molecule has 0 bridgehead atoms. The summed E-state index contributed by atoms with van der Waals surface area (Å²) in [6, 6.07) is 7.44. The summed E-state index contributed by atoms with van der Waals surface area (Å²) in [6.07, 6.45) is 0. The Morgan fingerprint density at radius 1 is 1.50 bits per heavy atom. The maximum absolute atomic E-state index is 10.7. The van der Waals surface area contributed by atoms with Gasteiger partial charge in [-0.1, -0.05) is 23.7 Å². The van der Waals surface area contributed by atoms with Crippen LogP contribution in [0.2, 0.25) is 5.02 Å². The fourth-order valence-corrected chi connectivity index (χ4v) is 1.43. The summed E-state index contributed by atoms with van der Waals surface area (Å²) in [5, 5.41) is 3.42. The third-order valence-electron chi connectivity index (χ3n) is 1.80. The maximum atomic E-state index is 10.7. The van der Waals surface area contributed by atoms with Gasteiger partial charge in [-0.15, -0.1) is 0 Å². The minimum atomic E-state index is -0.0435. The highest BCUT2D eigenvalue weighted by atomic mass is 35.5. The minimum absolute atomic E-state index is 0.0103. The van der Waals surface area contributed by atoms with Crippen LogP contribution in [0.3, 0.4) is 0 Å². The van der Waals surface area contributed by atoms with Gasteiger partial charge in [0.25, 0.3) is 0 Å². The molecule has 76 valence electrons. The van der Waals surface area contributed by atoms with E-state index in [2.05, 4.69) is 17.9 Å². The second-order valence-corrected chi connectivity index (χ2v) is 4.06. The molecule has 0 radical (unpaired) electrons. The van der Waals surface area contributed by atoms with Crippen molar-refractivity contribution in [2.75, 3.05) is 6.54 Å². The molecule has 0 fully saturated rings. The van der Waals surface area contributed by atoms with E-state index in [0.29, 0.717) is 11.6 Å². The van der Waals surface area contributed by atoms with Crippen molar-refractivity contribution in [1.29, 1.82) is 0 Å². The monoisotopic (exact) mass is 229 g/mol. The van der Waals surface area contributed by atoms with Crippen LogP contribution in [0, 0.1) is 0 Å². The lowest BCUT2D eigenvalue weighted by molar-refractivity contribution is -0.118. The molecule has 4 heteroatoms. The molecule has 0 aliphatic carbocycles. The van der Waals surface area contributed by atoms with Gasteiger partial charge in [-0.2, -0.15) is 12.6 Å². The molecule has 2 nitrogen and oxygen atoms in total. The van der Waals surface area contributed by atoms with E-state index < -0.39 is 0 Å². The number of carbonyl (C=O) groups excluding carboxylic acids is 1. The second kappa shape index (κ2) is 5.27. The number of halogens is 1. The normalized spacial score (nSPS) is 12.2. The van der Waals surface area contributed by atoms with Crippen molar-refractivity contribution in [3.05, 3.63) is 34.9 Å². The molecule has 1 aromatic rings. The molecular weight excluding hydrogens is 218 g/mol. The maximum Gasteiger partial charge on any atom is 0.216 e. The molecule has 0 aliphatic heterocycles. The predicted octanol–water partition coefficient (Wildman–Crippen LogP) is 2.45. The van der Waals surface area contributed by atoms with Gasteiger partial charge in [0.15, 0.2) is 0 Å². The van der Waals surface area contributed by atoms with Crippen LogP contribution >= 0.6 is 24.2 Å². The molecule has 0 aromatic heterocycles. The van der Waals surface area contributed by atoms with E-state index in [-0.39, 0.29) is 11.2 Å². The van der Waals surface area contributed by atoms with E-state index >= 15 is 0 Å². The number of carbonyl (C=O) groups is 1. The number of hydrogen-bond donors (Lipinski definition) is 2. The van der Waals surface area contributed by atoms with Gasteiger partial charge in [0.1, 0.15) is 0 Å². The Morgan fingerprint density at radius 2 is 2.07 bits per heavy atom. The van der Waals surface area contributed by atoms with E-state index in [1.165, 1.54) is 6.92 Å². The van der Waals surface area contributed by atoms with Gasteiger partial charge in [-0.05, 0) is 17.7 Å². The smallest absolute Gasteiger partial charge is 0.216 e. The summed E-state index contributed by atoms with van der Waals surface area (Å²) in [5.74, 6) is -0.0435. The number of thiol groups is 1. The van der Waals surface area contributed by atoms with Crippen molar-refractivity contribution < 1.29 is 4.79 Å². The largest absolute Gasteiger partial charge is 0.355 e. The van der Waals surface area contributed by atoms with Crippen LogP contribution in [0.5, 0.6) is 0 Å². The molecule has 1 unspecified atom stereocenters. The molecule has 1 N–H and O–H groups in total. The van der Waals surface area contributed by atoms with Crippen molar-refractivity contribution in [3.63, 3.8) is 0 Å². The average molecular weight is 230 g/mol. The van der Waals surface area contributed by atoms with Gasteiger partial charge >= 0.3 is 0 Å². The Hall–Kier alpha value is -0.670. The first-order valence-corrected chi connectivity index (χ1v) is 5.17. The van der Waals surface area contributed by atoms with Crippen LogP contribution in [0.4, 0.5) is 0 Å². The second-order valence-electron chi connectivity index (χ2n) is 3.00. The molecule has 1 aromatic carbocycles. The van der Waals surface area contributed by atoms with Crippen molar-refractivity contribution in [2.24, 2.45) is 0 Å². The fourth-order valence-electron chi connectivity index (χ4n) is 1.04. The molecule has 0 aliphatic rings. The van der Waals surface area contributed by atoms with Gasteiger partial charge < -0.3 is 5.32 Å². The average Bonchev–Trinajstić information content (AvgIpc) is 2.15. The number of nitrogens with one attached hydrogen (secondary N) is 1. The number of benzene rings is 1. The van der Waals surface area contributed by atoms with E-state index in [0.717, 1.165) is 5.56 Å². The number of hydrogen-bond acceptors (Lipinski definition) is 2. The summed E-state index contributed by atoms with van der Waals surface area (Å²) < 4.78 is 0. The first-order valence-electron chi connectivity index (χ1n) is 4.27. The summed E-state index contributed by atoms with van der Waals surface area (Å²) in [7, 11) is 0. The molecular formula is C10H12ClNOS. The zero-order valence-corrected chi connectivity index (χ0v) is 9.48. The van der Waals surface area contributed by atoms with E-state index in [1.54, 1.807) is 0 Å². The van der Waals surface area contributed by atoms with Crippen molar-refractivity contribution in [1.82, 2.24) is 5.32 Å². The molecule has 0 heterocycles. The summed E-state index contributed by atoms with van der Waals surface area (Å²) in [4.78, 5) is 10.7. The summed E-state index contributed by atoms with van der Waals surface area (Å²) >= 11 is 10.1. The third-order valence-corrected chi connectivity index (χ3v) is 2.53. The molecule has 14 heavy (non-hydrogen) atoms. The topological polar surface area (TPSA) is 29.1 Å². The van der Waals surface area contributed by atoms with E-state index in [4.69, 9.17) is 11.6 Å². The van der Waals surface area contributed by atoms with Crippen molar-refractivity contribution in [3.8, 4) is 0 Å². The highest BCUT2D eigenvalue weighted by Gasteiger charge is 2.06. The highest BCUT2D eigenvalue weighted by molar-refractivity contribution is 7.80. The summed E-state index contributed by atoms with van der Waals surface area (Å²) in [5.41, 5.74) is 1.05. The quantitative estimate of drug-likeness (QED) is 0.766. The van der Waals surface area contributed by atoms with Gasteiger partial charge in [0.05, 0.1) is 0 Å². The summed E-state index contributed by atoms with van der Waals surface area (Å²) in [6.45, 7) is 2.02. The zero-order chi connectivity index (χ0) is 10.6. The number of amides is 1. The van der Waals surface area contributed by atoms with Crippen molar-refractivity contribution in [2.45, 2.75) is 12.2 Å². The van der Waals surface area contributed by atoms with E-state index in [1.807, 2.05) is 24.3 Å². The van der Waals surface area contributed by atoms with Crippen LogP contribution in [0.25, 0.3) is 0 Å². The van der Waals surface area contributed by atoms with E-state index in [9.17, 15) is 4.79 Å². The molecule has 1 amide bonds. The molecule has 0 saturated heterocycles. The van der Waals surface area contributed by atoms with Gasteiger partial charge in [-0.3, -0.25) is 4.79 Å². The lowest BCUT2D eigenvalue weighted by Crippen LogP contribution is -2.23. The Bertz CT molecular complexity index is 312. The first-order chi connectivity index (χ1) is 6.59. The van der Waals surface area contributed by atoms with Crippen molar-refractivity contribution >= 4 is 30.1 Å². The fraction of sp³-hybridized carbons (Fsp3) is 0.300. The molecule has 0 saturated carbocycles. The lowest BCUT2D eigenvalue weighted by atomic mass is 10.1. The van der Waals surface area contributed by atoms with Gasteiger partial charge in [0.2, 0.25) is 5.91 Å². The zero-order valence-electron chi connectivity index (χ0n) is 7.83. The molecule has 1 rings (SSSR count). The Labute approximate surface area is 94.1 Å². The van der Waals surface area contributed by atoms with Crippen LogP contribution in [0.15, 0.2) is 24.3 Å². The van der Waals surface area contributed by atoms with Gasteiger partial charge in [0, 0.05) is 23.7 Å². The highest BCUT2D eigenvalue weighted by Crippen LogP contribution is 2.20. The molecule has 0 spiro atoms. The van der Waals surface area contributed by atoms with Crippen LogP contribution in [0.1, 0.15) is 17.7 Å². The molecule has 1 atom stereocenters. The number of rotatable bonds is 3. The van der Waals surface area contributed by atoms with Crippen LogP contribution in [-0.4, -0.2) is 12.5 Å². The standard InChI is InChI=1S/C10H12ClNOS/c1-7(13)12-6-10(14)8-2-4-9(11)5-3-8/h2-5,10,14H,6H2,1H3,(H,12,13). The van der Waals surface area contributed by atoms with Crippen LogP contribution < -0.4 is 5.32 Å². The van der Waals surface area contributed by atoms with Gasteiger partial charge in [-0.25, -0.2) is 0 Å². The Balaban J connectivity index is 2.56.